The monoisotopic (exact) mass is 1360 g/mol. The van der Waals surface area contributed by atoms with Crippen molar-refractivity contribution in [1.82, 2.24) is 0 Å². The van der Waals surface area contributed by atoms with E-state index in [4.69, 9.17) is 22.1 Å². The smallest absolute Gasteiger partial charge is 0.344 e. The summed E-state index contributed by atoms with van der Waals surface area (Å²) in [7, 11) is 0. The number of hydrogen-bond donors (Lipinski definition) is 3. The molecule has 3 heterocycles. The molecule has 8 aromatic rings. The molecule has 0 aromatic heterocycles. The molecule has 6 N–H and O–H groups in total. The molecule has 3 aliphatic heterocycles. The van der Waals surface area contributed by atoms with Crippen molar-refractivity contribution >= 4 is 109 Å². The van der Waals surface area contributed by atoms with Crippen LogP contribution in [0.5, 0.6) is 0 Å². The second-order valence-corrected chi connectivity index (χ2v) is 21.9. The normalized spacial score (nSPS) is 12.5. The van der Waals surface area contributed by atoms with E-state index in [1.807, 2.05) is 189 Å². The molecule has 11 rings (SSSR count). The van der Waals surface area contributed by atoms with Crippen LogP contribution in [0.15, 0.2) is 233 Å². The van der Waals surface area contributed by atoms with Gasteiger partial charge in [-0.3, -0.25) is 53.4 Å². The van der Waals surface area contributed by atoms with Crippen molar-refractivity contribution in [3.63, 3.8) is 0 Å². The summed E-state index contributed by atoms with van der Waals surface area (Å²) in [6.07, 6.45) is 4.24. The minimum atomic E-state index is -0.684. The largest absolute Gasteiger partial charge is 0.466 e. The fraction of sp³-hybridized carbons (Fsp3) is 0.213. The Morgan fingerprint density at radius 3 is 1.39 bits per heavy atom. The molecule has 492 valence electrons. The maximum atomic E-state index is 12.4. The van der Waals surface area contributed by atoms with E-state index < -0.39 is 5.97 Å². The highest BCUT2D eigenvalue weighted by atomic mass is 79.9. The summed E-state index contributed by atoms with van der Waals surface area (Å²) in [5.41, 5.74) is 22.8. The molecule has 0 saturated carbocycles. The molecular formula is C75H78BrClN8O10. The Morgan fingerprint density at radius 1 is 0.505 bits per heavy atom. The summed E-state index contributed by atoms with van der Waals surface area (Å²) >= 11 is 3.33. The van der Waals surface area contributed by atoms with Crippen molar-refractivity contribution in [1.29, 1.82) is 0 Å². The number of nitrogens with zero attached hydrogens (tertiary/aromatic N) is 5. The third-order valence-electron chi connectivity index (χ3n) is 14.1. The van der Waals surface area contributed by atoms with Crippen LogP contribution in [0.3, 0.4) is 0 Å². The first-order valence-corrected chi connectivity index (χ1v) is 31.6. The molecule has 0 saturated heterocycles. The first kappa shape index (κ1) is 75.5. The van der Waals surface area contributed by atoms with Gasteiger partial charge in [0.15, 0.2) is 11.6 Å². The third-order valence-corrected chi connectivity index (χ3v) is 14.7. The van der Waals surface area contributed by atoms with E-state index in [0.717, 1.165) is 86.4 Å². The molecule has 18 nitrogen and oxygen atoms in total. The third kappa shape index (κ3) is 23.7. The number of rotatable bonds is 16. The van der Waals surface area contributed by atoms with Crippen molar-refractivity contribution < 1.29 is 47.9 Å². The topological polar surface area (TPSA) is 277 Å². The van der Waals surface area contributed by atoms with E-state index in [1.165, 1.54) is 23.6 Å². The highest BCUT2D eigenvalue weighted by molar-refractivity contribution is 9.09. The summed E-state index contributed by atoms with van der Waals surface area (Å²) in [5.74, 6) is 3.83. The van der Waals surface area contributed by atoms with E-state index in [2.05, 4.69) is 35.7 Å². The molecule has 2 amide bonds. The number of benzodiazepines with no additional fused rings is 2. The second-order valence-electron chi connectivity index (χ2n) is 21.1. The molecule has 0 unspecified atom stereocenters. The van der Waals surface area contributed by atoms with Gasteiger partial charge in [-0.15, -0.1) is 12.4 Å². The van der Waals surface area contributed by atoms with E-state index in [9.17, 15) is 38.4 Å². The zero-order valence-electron chi connectivity index (χ0n) is 53.3. The number of halogens is 2. The van der Waals surface area contributed by atoms with Crippen LogP contribution in [0.2, 0.25) is 0 Å². The van der Waals surface area contributed by atoms with Gasteiger partial charge in [0.05, 0.1) is 54.8 Å². The molecule has 95 heavy (non-hydrogen) atoms. The Balaban J connectivity index is 0.000000214. The number of ether oxygens (including phenoxy) is 1. The van der Waals surface area contributed by atoms with Gasteiger partial charge < -0.3 is 25.9 Å². The number of alkyl halides is 1. The number of nitrogens with two attached hydrogens (primary N) is 3. The van der Waals surface area contributed by atoms with E-state index in [1.54, 1.807) is 36.4 Å². The van der Waals surface area contributed by atoms with Gasteiger partial charge in [-0.2, -0.15) is 5.90 Å². The van der Waals surface area contributed by atoms with Crippen molar-refractivity contribution in [3.05, 3.63) is 268 Å². The van der Waals surface area contributed by atoms with Gasteiger partial charge in [-0.1, -0.05) is 216 Å². The predicted octanol–water partition coefficient (Wildman–Crippen LogP) is 11.4. The fourth-order valence-electron chi connectivity index (χ4n) is 9.63. The quantitative estimate of drug-likeness (QED) is 0.0203. The molecule has 0 spiro atoms. The number of carbonyl (C=O) groups is 8. The first-order valence-electron chi connectivity index (χ1n) is 30.5. The minimum Gasteiger partial charge on any atom is -0.466 e. The van der Waals surface area contributed by atoms with Crippen LogP contribution in [-0.4, -0.2) is 115 Å². The maximum absolute atomic E-state index is 12.4. The van der Waals surface area contributed by atoms with Crippen molar-refractivity contribution in [3.8, 4) is 0 Å². The number of Topliss-reactive ketones (excluding diaryl/α,β-unsaturated/α-hetero) is 3. The van der Waals surface area contributed by atoms with Crippen LogP contribution in [0, 0.1) is 0 Å². The maximum Gasteiger partial charge on any atom is 0.344 e. The lowest BCUT2D eigenvalue weighted by molar-refractivity contribution is -0.144. The number of hydrogen-bond acceptors (Lipinski definition) is 16. The number of nitrogen functional groups attached to an aromatic ring is 1. The highest BCUT2D eigenvalue weighted by Gasteiger charge is 2.28. The van der Waals surface area contributed by atoms with Crippen LogP contribution < -0.4 is 27.2 Å². The number of para-hydroxylation sites is 3. The Hall–Kier alpha value is -10.2. The lowest BCUT2D eigenvalue weighted by Gasteiger charge is -2.21. The van der Waals surface area contributed by atoms with Gasteiger partial charge in [-0.05, 0) is 63.4 Å². The van der Waals surface area contributed by atoms with Gasteiger partial charge in [0, 0.05) is 68.4 Å². The molecule has 0 aliphatic carbocycles. The first-order chi connectivity index (χ1) is 45.6. The Kier molecular flexibility index (Phi) is 32.4. The summed E-state index contributed by atoms with van der Waals surface area (Å²) in [4.78, 5) is 112. The van der Waals surface area contributed by atoms with Crippen molar-refractivity contribution in [2.24, 2.45) is 26.6 Å². The number of unbranched alkanes of at least 4 members (excludes halogenated alkanes) is 2. The van der Waals surface area contributed by atoms with E-state index in [-0.39, 0.29) is 92.6 Å². The van der Waals surface area contributed by atoms with Crippen LogP contribution in [0.25, 0.3) is 0 Å². The molecular weight excluding hydrogens is 1290 g/mol. The van der Waals surface area contributed by atoms with Crippen LogP contribution in [-0.2, 0) is 49.6 Å². The Labute approximate surface area is 568 Å². The summed E-state index contributed by atoms with van der Waals surface area (Å²) in [6, 6.07) is 68.6. The van der Waals surface area contributed by atoms with Gasteiger partial charge in [0.25, 0.3) is 0 Å². The van der Waals surface area contributed by atoms with Crippen LogP contribution in [0.4, 0.5) is 17.1 Å². The zero-order valence-corrected chi connectivity index (χ0v) is 55.7. The molecule has 20 heteroatoms. The number of aliphatic imine (C=N–C) groups is 3. The minimum absolute atomic E-state index is 0. The SMILES string of the molecule is CC(=O)CN.CC(=O)CN1C(=O)CN=C(c2ccccc2)c2ccccc21.CCOC(=O)CCCCCBr.Cl.NOC(=O)CN1C(=O)CN=C(c2ccccc2)c2ccccc21.Nc1ccccc1C(=O)c1ccccc1.O=C1CN=C(c2ccccc2)c2ccccc2C1. The van der Waals surface area contributed by atoms with Gasteiger partial charge in [-0.25, -0.2) is 4.79 Å². The molecule has 0 bridgehead atoms. The average molecular weight is 1370 g/mol. The molecule has 8 aromatic carbocycles. The number of carbonyl (C=O) groups excluding carboxylic acids is 8. The summed E-state index contributed by atoms with van der Waals surface area (Å²) in [5, 5.41) is 1.02. The lowest BCUT2D eigenvalue weighted by Crippen LogP contribution is -2.38. The standard InChI is InChI=1S/C18H16N2O2.C17H15N3O3.C16H13NO.C13H11NO.C8H15BrO2.C3H7NO.ClH/c1-13(21)12-20-16-10-6-5-9-15(16)18(19-11-17(20)22)14-7-3-2-4-8-14;18-23-16(22)11-20-14-9-5-4-8-13(14)17(19-10-15(20)21)12-6-2-1-3-7-12;18-14-10-13-8-4-5-9-15(13)16(17-11-14)12-6-2-1-3-7-12;14-12-9-5-4-8-11(12)13(15)10-6-2-1-3-7-10;1-2-11-8(10)6-4-3-5-7-9;1-3(5)2-4;/h2-10H,11-12H2,1H3;1-9H,10-11,18H2;1-9H,10-11H2;1-9H,14H2;2-7H2,1H3;2,4H2,1H3;1H. The zero-order chi connectivity index (χ0) is 67.6. The highest BCUT2D eigenvalue weighted by Crippen LogP contribution is 2.29. The predicted molar refractivity (Wildman–Crippen MR) is 381 cm³/mol. The number of esters is 1. The van der Waals surface area contributed by atoms with Gasteiger partial charge in [0.1, 0.15) is 31.2 Å². The second kappa shape index (κ2) is 40.7. The van der Waals surface area contributed by atoms with Crippen molar-refractivity contribution in [2.45, 2.75) is 52.9 Å². The van der Waals surface area contributed by atoms with Gasteiger partial charge in [0.2, 0.25) is 11.8 Å². The Bertz CT molecular complexity index is 3950. The molecule has 0 atom stereocenters. The molecule has 0 fully saturated rings. The lowest BCUT2D eigenvalue weighted by atomic mass is 9.96. The van der Waals surface area contributed by atoms with E-state index >= 15 is 0 Å². The number of fused-ring (bicyclic) bond motifs is 3. The summed E-state index contributed by atoms with van der Waals surface area (Å²) < 4.78 is 4.77. The van der Waals surface area contributed by atoms with Crippen LogP contribution >= 0.6 is 28.3 Å². The Morgan fingerprint density at radius 2 is 0.926 bits per heavy atom. The molecule has 0 radical (unpaired) electrons. The number of benzene rings is 8. The average Bonchev–Trinajstić information content (AvgIpc) is 1.75. The van der Waals surface area contributed by atoms with Gasteiger partial charge >= 0.3 is 11.9 Å². The van der Waals surface area contributed by atoms with Crippen molar-refractivity contribution in [2.75, 3.05) is 66.7 Å². The number of anilines is 3. The fourth-order valence-corrected chi connectivity index (χ4v) is 10.0. The number of amides is 2. The molecule has 3 aliphatic rings. The van der Waals surface area contributed by atoms with Crippen LogP contribution in [0.1, 0.15) is 101 Å². The van der Waals surface area contributed by atoms with E-state index in [0.29, 0.717) is 42.0 Å². The number of ketones is 4. The summed E-state index contributed by atoms with van der Waals surface area (Å²) in [6.45, 7) is 5.55.